The third kappa shape index (κ3) is 5.19. The second-order valence-electron chi connectivity index (χ2n) is 3.55. The van der Waals surface area contributed by atoms with Gasteiger partial charge in [0.2, 0.25) is 0 Å². The molecule has 0 saturated carbocycles. The summed E-state index contributed by atoms with van der Waals surface area (Å²) in [6, 6.07) is 5.37. The largest absolute Gasteiger partial charge is 0.378 e. The average molecular weight is 254 g/mol. The van der Waals surface area contributed by atoms with E-state index in [4.69, 9.17) is 4.74 Å². The number of carbonyl (C=O) groups excluding carboxylic acids is 1. The quantitative estimate of drug-likeness (QED) is 0.753. The summed E-state index contributed by atoms with van der Waals surface area (Å²) in [5, 5.41) is 2.85. The van der Waals surface area contributed by atoms with Crippen molar-refractivity contribution in [1.29, 1.82) is 0 Å². The predicted molar refractivity (Wildman–Crippen MR) is 70.3 cm³/mol. The Morgan fingerprint density at radius 3 is 3.06 bits per heavy atom. The minimum Gasteiger partial charge on any atom is -0.378 e. The lowest BCUT2D eigenvalue weighted by molar-refractivity contribution is 0.0948. The van der Waals surface area contributed by atoms with Gasteiger partial charge in [0, 0.05) is 13.7 Å². The van der Waals surface area contributed by atoms with Gasteiger partial charge in [0.25, 0.3) is 5.91 Å². The number of hydrogen-bond donors (Lipinski definition) is 1. The maximum Gasteiger partial charge on any atom is 0.269 e. The molecule has 1 aromatic heterocycles. The summed E-state index contributed by atoms with van der Waals surface area (Å²) < 4.78 is 4.98. The van der Waals surface area contributed by atoms with Crippen LogP contribution in [0.5, 0.6) is 0 Å². The van der Waals surface area contributed by atoms with E-state index in [-0.39, 0.29) is 5.91 Å². The number of thioether (sulfide) groups is 1. The fraction of sp³-hybridized carbons (Fsp3) is 0.500. The van der Waals surface area contributed by atoms with Gasteiger partial charge >= 0.3 is 0 Å². The van der Waals surface area contributed by atoms with E-state index in [1.165, 1.54) is 0 Å². The van der Waals surface area contributed by atoms with Crippen LogP contribution in [0.3, 0.4) is 0 Å². The lowest BCUT2D eigenvalue weighted by atomic mass is 10.3. The molecule has 0 aromatic carbocycles. The fourth-order valence-corrected chi connectivity index (χ4v) is 1.78. The molecule has 0 atom stereocenters. The molecule has 0 bridgehead atoms. The van der Waals surface area contributed by atoms with Crippen molar-refractivity contribution in [2.75, 3.05) is 25.7 Å². The highest BCUT2D eigenvalue weighted by Crippen LogP contribution is 2.01. The van der Waals surface area contributed by atoms with E-state index in [0.29, 0.717) is 18.8 Å². The highest BCUT2D eigenvalue weighted by atomic mass is 32.2. The monoisotopic (exact) mass is 254 g/mol. The Morgan fingerprint density at radius 1 is 1.53 bits per heavy atom. The molecule has 94 valence electrons. The topological polar surface area (TPSA) is 51.2 Å². The van der Waals surface area contributed by atoms with Gasteiger partial charge < -0.3 is 10.1 Å². The molecule has 1 heterocycles. The number of aromatic nitrogens is 1. The van der Waals surface area contributed by atoms with Crippen molar-refractivity contribution < 1.29 is 9.53 Å². The van der Waals surface area contributed by atoms with Gasteiger partial charge in [-0.15, -0.1) is 0 Å². The van der Waals surface area contributed by atoms with E-state index in [0.717, 1.165) is 17.9 Å². The number of nitrogens with one attached hydrogen (secondary N) is 1. The molecule has 0 saturated heterocycles. The second kappa shape index (κ2) is 8.08. The van der Waals surface area contributed by atoms with Crippen LogP contribution in [0.15, 0.2) is 18.2 Å². The van der Waals surface area contributed by atoms with Crippen molar-refractivity contribution in [3.8, 4) is 0 Å². The molecule has 0 radical (unpaired) electrons. The third-order valence-electron chi connectivity index (χ3n) is 2.14. The highest BCUT2D eigenvalue weighted by molar-refractivity contribution is 7.98. The van der Waals surface area contributed by atoms with Gasteiger partial charge in [-0.25, -0.2) is 4.98 Å². The van der Waals surface area contributed by atoms with Crippen LogP contribution in [-0.2, 0) is 11.3 Å². The lowest BCUT2D eigenvalue weighted by Gasteiger charge is -2.05. The maximum atomic E-state index is 11.7. The minimum atomic E-state index is -0.121. The normalized spacial score (nSPS) is 10.2. The molecule has 0 fully saturated rings. The SMILES string of the molecule is COCc1cccc(C(=O)NCCCSC)n1. The number of hydrogen-bond acceptors (Lipinski definition) is 4. The van der Waals surface area contributed by atoms with Crippen molar-refractivity contribution in [3.05, 3.63) is 29.6 Å². The van der Waals surface area contributed by atoms with Crippen molar-refractivity contribution in [3.63, 3.8) is 0 Å². The van der Waals surface area contributed by atoms with E-state index >= 15 is 0 Å². The van der Waals surface area contributed by atoms with E-state index in [9.17, 15) is 4.79 Å². The van der Waals surface area contributed by atoms with Gasteiger partial charge in [0.15, 0.2) is 0 Å². The molecular weight excluding hydrogens is 236 g/mol. The number of rotatable bonds is 7. The molecule has 1 N–H and O–H groups in total. The van der Waals surface area contributed by atoms with Crippen molar-refractivity contribution >= 4 is 17.7 Å². The first-order valence-corrected chi connectivity index (χ1v) is 6.89. The molecule has 0 spiro atoms. The Morgan fingerprint density at radius 2 is 2.35 bits per heavy atom. The molecule has 0 unspecified atom stereocenters. The molecular formula is C12H18N2O2S. The van der Waals surface area contributed by atoms with Crippen LogP contribution in [0.1, 0.15) is 22.6 Å². The van der Waals surface area contributed by atoms with Crippen LogP contribution < -0.4 is 5.32 Å². The number of carbonyl (C=O) groups is 1. The Kier molecular flexibility index (Phi) is 6.65. The zero-order chi connectivity index (χ0) is 12.5. The fourth-order valence-electron chi connectivity index (χ4n) is 1.34. The minimum absolute atomic E-state index is 0.121. The van der Waals surface area contributed by atoms with E-state index in [1.54, 1.807) is 24.9 Å². The Bertz CT molecular complexity index is 358. The summed E-state index contributed by atoms with van der Waals surface area (Å²) in [6.07, 6.45) is 3.03. The molecule has 1 amide bonds. The number of methoxy groups -OCH3 is 1. The molecule has 4 nitrogen and oxygen atoms in total. The van der Waals surface area contributed by atoms with Crippen molar-refractivity contribution in [1.82, 2.24) is 10.3 Å². The summed E-state index contributed by atoms with van der Waals surface area (Å²) in [6.45, 7) is 1.11. The smallest absolute Gasteiger partial charge is 0.269 e. The molecule has 17 heavy (non-hydrogen) atoms. The number of nitrogens with zero attached hydrogens (tertiary/aromatic N) is 1. The van der Waals surface area contributed by atoms with Crippen LogP contribution in [-0.4, -0.2) is 36.6 Å². The molecule has 1 aromatic rings. The highest BCUT2D eigenvalue weighted by Gasteiger charge is 2.06. The summed E-state index contributed by atoms with van der Waals surface area (Å²) >= 11 is 1.77. The Balaban J connectivity index is 2.47. The van der Waals surface area contributed by atoms with Crippen LogP contribution in [0.4, 0.5) is 0 Å². The number of amides is 1. The maximum absolute atomic E-state index is 11.7. The van der Waals surface area contributed by atoms with Gasteiger partial charge in [0.1, 0.15) is 5.69 Å². The van der Waals surface area contributed by atoms with Crippen molar-refractivity contribution in [2.45, 2.75) is 13.0 Å². The lowest BCUT2D eigenvalue weighted by Crippen LogP contribution is -2.26. The summed E-state index contributed by atoms with van der Waals surface area (Å²) in [7, 11) is 1.61. The first-order valence-electron chi connectivity index (χ1n) is 5.50. The summed E-state index contributed by atoms with van der Waals surface area (Å²) in [4.78, 5) is 16.0. The van der Waals surface area contributed by atoms with Crippen LogP contribution in [0, 0.1) is 0 Å². The van der Waals surface area contributed by atoms with Crippen LogP contribution in [0.25, 0.3) is 0 Å². The summed E-state index contributed by atoms with van der Waals surface area (Å²) in [5.41, 5.74) is 1.22. The summed E-state index contributed by atoms with van der Waals surface area (Å²) in [5.74, 6) is 0.932. The van der Waals surface area contributed by atoms with E-state index in [1.807, 2.05) is 12.1 Å². The van der Waals surface area contributed by atoms with E-state index < -0.39 is 0 Å². The molecule has 0 aliphatic heterocycles. The number of pyridine rings is 1. The first kappa shape index (κ1) is 14.0. The Hall–Kier alpha value is -1.07. The zero-order valence-corrected chi connectivity index (χ0v) is 11.0. The molecule has 0 aliphatic carbocycles. The van der Waals surface area contributed by atoms with Gasteiger partial charge in [-0.3, -0.25) is 4.79 Å². The van der Waals surface area contributed by atoms with Gasteiger partial charge in [-0.05, 0) is 30.6 Å². The van der Waals surface area contributed by atoms with Crippen LogP contribution in [0.2, 0.25) is 0 Å². The van der Waals surface area contributed by atoms with E-state index in [2.05, 4.69) is 16.6 Å². The molecule has 1 rings (SSSR count). The zero-order valence-electron chi connectivity index (χ0n) is 10.2. The average Bonchev–Trinajstić information content (AvgIpc) is 2.35. The van der Waals surface area contributed by atoms with Crippen LogP contribution >= 0.6 is 11.8 Å². The first-order chi connectivity index (χ1) is 8.27. The Labute approximate surface area is 106 Å². The third-order valence-corrected chi connectivity index (χ3v) is 2.84. The number of ether oxygens (including phenoxy) is 1. The molecule has 0 aliphatic rings. The van der Waals surface area contributed by atoms with Gasteiger partial charge in [-0.1, -0.05) is 6.07 Å². The standard InChI is InChI=1S/C12H18N2O2S/c1-16-9-10-5-3-6-11(14-10)12(15)13-7-4-8-17-2/h3,5-6H,4,7-9H2,1-2H3,(H,13,15). The second-order valence-corrected chi connectivity index (χ2v) is 4.54. The molecule has 5 heteroatoms. The van der Waals surface area contributed by atoms with Gasteiger partial charge in [0.05, 0.1) is 12.3 Å². The predicted octanol–water partition coefficient (Wildman–Crippen LogP) is 1.71. The van der Waals surface area contributed by atoms with Crippen molar-refractivity contribution in [2.24, 2.45) is 0 Å². The van der Waals surface area contributed by atoms with Gasteiger partial charge in [-0.2, -0.15) is 11.8 Å².